The SMILES string of the molecule is Cc1cnc(C(NC(=O)N(C(C)C)C2CC2)C2CC2)s1. The van der Waals surface area contributed by atoms with Crippen molar-refractivity contribution in [3.8, 4) is 0 Å². The molecule has 3 rings (SSSR count). The van der Waals surface area contributed by atoms with Crippen LogP contribution in [0.25, 0.3) is 0 Å². The third kappa shape index (κ3) is 2.97. The van der Waals surface area contributed by atoms with E-state index >= 15 is 0 Å². The zero-order valence-corrected chi connectivity index (χ0v) is 13.2. The highest BCUT2D eigenvalue weighted by Crippen LogP contribution is 2.42. The molecule has 4 nitrogen and oxygen atoms in total. The molecule has 20 heavy (non-hydrogen) atoms. The molecule has 2 saturated carbocycles. The predicted molar refractivity (Wildman–Crippen MR) is 80.8 cm³/mol. The van der Waals surface area contributed by atoms with Gasteiger partial charge in [0.2, 0.25) is 0 Å². The van der Waals surface area contributed by atoms with Crippen LogP contribution in [-0.2, 0) is 0 Å². The van der Waals surface area contributed by atoms with E-state index < -0.39 is 0 Å². The van der Waals surface area contributed by atoms with Crippen LogP contribution in [-0.4, -0.2) is 28.0 Å². The second-order valence-corrected chi connectivity index (χ2v) is 7.57. The smallest absolute Gasteiger partial charge is 0.318 e. The lowest BCUT2D eigenvalue weighted by Crippen LogP contribution is -2.46. The summed E-state index contributed by atoms with van der Waals surface area (Å²) in [6.45, 7) is 6.26. The molecule has 0 spiro atoms. The van der Waals surface area contributed by atoms with Gasteiger partial charge in [-0.3, -0.25) is 0 Å². The summed E-state index contributed by atoms with van der Waals surface area (Å²) in [5.74, 6) is 0.581. The molecule has 1 aromatic rings. The Labute approximate surface area is 124 Å². The first-order valence-corrected chi connectivity index (χ1v) is 8.39. The van der Waals surface area contributed by atoms with Crippen LogP contribution in [0, 0.1) is 12.8 Å². The molecule has 1 aromatic heterocycles. The molecule has 1 N–H and O–H groups in total. The normalized spacial score (nSPS) is 20.0. The molecule has 0 aliphatic heterocycles. The molecule has 0 saturated heterocycles. The minimum Gasteiger partial charge on any atom is -0.328 e. The lowest BCUT2D eigenvalue weighted by molar-refractivity contribution is 0.174. The third-order valence-corrected chi connectivity index (χ3v) is 5.00. The average Bonchev–Trinajstić information content (AvgIpc) is 3.26. The van der Waals surface area contributed by atoms with E-state index in [1.807, 2.05) is 11.1 Å². The fraction of sp³-hybridized carbons (Fsp3) is 0.733. The van der Waals surface area contributed by atoms with Gasteiger partial charge in [0.15, 0.2) is 0 Å². The molecule has 0 radical (unpaired) electrons. The van der Waals surface area contributed by atoms with Gasteiger partial charge >= 0.3 is 6.03 Å². The molecule has 1 unspecified atom stereocenters. The van der Waals surface area contributed by atoms with Crippen LogP contribution in [0.4, 0.5) is 4.79 Å². The summed E-state index contributed by atoms with van der Waals surface area (Å²) in [4.78, 5) is 20.3. The molecule has 0 bridgehead atoms. The Morgan fingerprint density at radius 2 is 2.10 bits per heavy atom. The standard InChI is InChI=1S/C15H23N3OS/c1-9(2)18(12-6-7-12)15(19)17-13(11-4-5-11)14-16-8-10(3)20-14/h8-9,11-13H,4-7H2,1-3H3,(H,17,19). The first kappa shape index (κ1) is 13.9. The number of hydrogen-bond acceptors (Lipinski definition) is 3. The highest BCUT2D eigenvalue weighted by Gasteiger charge is 2.39. The lowest BCUT2D eigenvalue weighted by atomic mass is 10.2. The summed E-state index contributed by atoms with van der Waals surface area (Å²) >= 11 is 1.71. The van der Waals surface area contributed by atoms with Crippen molar-refractivity contribution in [1.29, 1.82) is 0 Å². The zero-order chi connectivity index (χ0) is 14.3. The Kier molecular flexibility index (Phi) is 3.71. The fourth-order valence-corrected chi connectivity index (χ4v) is 3.63. The van der Waals surface area contributed by atoms with Gasteiger partial charge in [-0.25, -0.2) is 9.78 Å². The zero-order valence-electron chi connectivity index (χ0n) is 12.4. The lowest BCUT2D eigenvalue weighted by Gasteiger charge is -2.29. The average molecular weight is 293 g/mol. The summed E-state index contributed by atoms with van der Waals surface area (Å²) in [7, 11) is 0. The van der Waals surface area contributed by atoms with Crippen LogP contribution in [0.3, 0.4) is 0 Å². The number of carbonyl (C=O) groups is 1. The molecule has 2 aliphatic rings. The highest BCUT2D eigenvalue weighted by molar-refractivity contribution is 7.11. The summed E-state index contributed by atoms with van der Waals surface area (Å²) in [6, 6.07) is 0.918. The van der Waals surface area contributed by atoms with Crippen LogP contribution in [0.1, 0.15) is 55.5 Å². The van der Waals surface area contributed by atoms with Crippen molar-refractivity contribution in [2.45, 2.75) is 64.6 Å². The molecule has 1 atom stereocenters. The monoisotopic (exact) mass is 293 g/mol. The van der Waals surface area contributed by atoms with E-state index in [2.05, 4.69) is 31.1 Å². The Hall–Kier alpha value is -1.10. The number of aromatic nitrogens is 1. The van der Waals surface area contributed by atoms with Crippen LogP contribution < -0.4 is 5.32 Å². The van der Waals surface area contributed by atoms with Crippen molar-refractivity contribution in [2.75, 3.05) is 0 Å². The molecular weight excluding hydrogens is 270 g/mol. The van der Waals surface area contributed by atoms with Crippen molar-refractivity contribution < 1.29 is 4.79 Å². The van der Waals surface area contributed by atoms with Gasteiger partial charge in [-0.05, 0) is 52.4 Å². The van der Waals surface area contributed by atoms with Gasteiger partial charge in [0, 0.05) is 23.2 Å². The first-order chi connectivity index (χ1) is 9.56. The minimum absolute atomic E-state index is 0.0900. The van der Waals surface area contributed by atoms with Crippen LogP contribution in [0.2, 0.25) is 0 Å². The number of hydrogen-bond donors (Lipinski definition) is 1. The number of nitrogens with zero attached hydrogens (tertiary/aromatic N) is 2. The Morgan fingerprint density at radius 3 is 2.55 bits per heavy atom. The van der Waals surface area contributed by atoms with E-state index in [-0.39, 0.29) is 18.1 Å². The van der Waals surface area contributed by atoms with Crippen LogP contribution in [0.5, 0.6) is 0 Å². The van der Waals surface area contributed by atoms with E-state index in [0.717, 1.165) is 17.8 Å². The van der Waals surface area contributed by atoms with E-state index in [0.29, 0.717) is 12.0 Å². The summed E-state index contributed by atoms with van der Waals surface area (Å²) < 4.78 is 0. The quantitative estimate of drug-likeness (QED) is 0.903. The number of rotatable bonds is 5. The Balaban J connectivity index is 1.71. The maximum atomic E-state index is 12.6. The van der Waals surface area contributed by atoms with Gasteiger partial charge in [0.05, 0.1) is 6.04 Å². The molecule has 110 valence electrons. The summed E-state index contributed by atoms with van der Waals surface area (Å²) in [6.07, 6.45) is 6.61. The topological polar surface area (TPSA) is 45.2 Å². The maximum absolute atomic E-state index is 12.6. The minimum atomic E-state index is 0.0900. The van der Waals surface area contributed by atoms with Crippen LogP contribution >= 0.6 is 11.3 Å². The molecule has 1 heterocycles. The van der Waals surface area contributed by atoms with Gasteiger partial charge in [-0.15, -0.1) is 11.3 Å². The van der Waals surface area contributed by atoms with Crippen molar-refractivity contribution in [3.05, 3.63) is 16.1 Å². The number of amides is 2. The van der Waals surface area contributed by atoms with E-state index in [9.17, 15) is 4.79 Å². The number of thiazole rings is 1. The van der Waals surface area contributed by atoms with Crippen molar-refractivity contribution in [1.82, 2.24) is 15.2 Å². The Morgan fingerprint density at radius 1 is 1.40 bits per heavy atom. The van der Waals surface area contributed by atoms with E-state index in [4.69, 9.17) is 0 Å². The maximum Gasteiger partial charge on any atom is 0.318 e. The number of aryl methyl sites for hydroxylation is 1. The van der Waals surface area contributed by atoms with E-state index in [1.165, 1.54) is 17.7 Å². The molecule has 2 aliphatic carbocycles. The fourth-order valence-electron chi connectivity index (χ4n) is 2.71. The second kappa shape index (κ2) is 5.35. The van der Waals surface area contributed by atoms with Crippen molar-refractivity contribution in [2.24, 2.45) is 5.92 Å². The third-order valence-electron chi connectivity index (χ3n) is 4.01. The molecule has 2 amide bonds. The van der Waals surface area contributed by atoms with Gasteiger partial charge in [0.25, 0.3) is 0 Å². The molecule has 0 aromatic carbocycles. The van der Waals surface area contributed by atoms with Gasteiger partial charge in [-0.1, -0.05) is 0 Å². The first-order valence-electron chi connectivity index (χ1n) is 7.57. The molecule has 5 heteroatoms. The number of urea groups is 1. The Bertz CT molecular complexity index is 489. The second-order valence-electron chi connectivity index (χ2n) is 6.31. The highest BCUT2D eigenvalue weighted by atomic mass is 32.1. The predicted octanol–water partition coefficient (Wildman–Crippen LogP) is 3.49. The van der Waals surface area contributed by atoms with Gasteiger partial charge < -0.3 is 10.2 Å². The van der Waals surface area contributed by atoms with Crippen molar-refractivity contribution >= 4 is 17.4 Å². The number of nitrogens with one attached hydrogen (secondary N) is 1. The largest absolute Gasteiger partial charge is 0.328 e. The summed E-state index contributed by atoms with van der Waals surface area (Å²) in [5, 5.41) is 4.31. The van der Waals surface area contributed by atoms with Gasteiger partial charge in [-0.2, -0.15) is 0 Å². The number of carbonyl (C=O) groups excluding carboxylic acids is 1. The van der Waals surface area contributed by atoms with Gasteiger partial charge in [0.1, 0.15) is 5.01 Å². The van der Waals surface area contributed by atoms with Crippen LogP contribution in [0.15, 0.2) is 6.20 Å². The summed E-state index contributed by atoms with van der Waals surface area (Å²) in [5.41, 5.74) is 0. The molecular formula is C15H23N3OS. The molecule has 2 fully saturated rings. The van der Waals surface area contributed by atoms with Crippen molar-refractivity contribution in [3.63, 3.8) is 0 Å². The van der Waals surface area contributed by atoms with E-state index in [1.54, 1.807) is 11.3 Å².